The summed E-state index contributed by atoms with van der Waals surface area (Å²) in [5, 5.41) is 0. The lowest BCUT2D eigenvalue weighted by Gasteiger charge is -2.29. The van der Waals surface area contributed by atoms with Gasteiger partial charge in [0.15, 0.2) is 0 Å². The van der Waals surface area contributed by atoms with Crippen LogP contribution in [0.1, 0.15) is 18.4 Å². The number of benzene rings is 1. The van der Waals surface area contributed by atoms with E-state index in [1.807, 2.05) is 30.3 Å². The van der Waals surface area contributed by atoms with Gasteiger partial charge >= 0.3 is 5.97 Å². The van der Waals surface area contributed by atoms with Crippen molar-refractivity contribution in [3.05, 3.63) is 35.9 Å². The first-order valence-corrected chi connectivity index (χ1v) is 6.03. The average molecular weight is 269 g/mol. The Morgan fingerprint density at radius 1 is 1.33 bits per heavy atom. The van der Waals surface area contributed by atoms with Crippen LogP contribution in [0.15, 0.2) is 30.3 Å². The van der Waals surface area contributed by atoms with E-state index in [1.54, 1.807) is 0 Å². The minimum absolute atomic E-state index is 0.0636. The summed E-state index contributed by atoms with van der Waals surface area (Å²) >= 11 is 3.45. The van der Waals surface area contributed by atoms with Gasteiger partial charge < -0.3 is 4.74 Å². The average Bonchev–Trinajstić information content (AvgIpc) is 2.26. The fourth-order valence-corrected chi connectivity index (χ4v) is 2.31. The molecule has 1 aliphatic carbocycles. The number of carbonyl (C=O) groups excluding carboxylic acids is 1. The van der Waals surface area contributed by atoms with Gasteiger partial charge in [0.25, 0.3) is 0 Å². The molecule has 3 heteroatoms. The van der Waals surface area contributed by atoms with Crippen LogP contribution >= 0.6 is 15.9 Å². The lowest BCUT2D eigenvalue weighted by atomic mass is 9.85. The van der Waals surface area contributed by atoms with Crippen LogP contribution in [0.2, 0.25) is 0 Å². The van der Waals surface area contributed by atoms with E-state index in [2.05, 4.69) is 15.9 Å². The Labute approximate surface area is 97.8 Å². The van der Waals surface area contributed by atoms with Gasteiger partial charge in [-0.15, -0.1) is 0 Å². The molecule has 0 aliphatic heterocycles. The van der Waals surface area contributed by atoms with Crippen molar-refractivity contribution in [2.75, 3.05) is 0 Å². The van der Waals surface area contributed by atoms with Gasteiger partial charge in [-0.05, 0) is 18.4 Å². The molecule has 1 saturated carbocycles. The van der Waals surface area contributed by atoms with Crippen molar-refractivity contribution >= 4 is 21.9 Å². The highest BCUT2D eigenvalue weighted by molar-refractivity contribution is 9.09. The van der Waals surface area contributed by atoms with E-state index in [0.29, 0.717) is 11.4 Å². The normalized spacial score (nSPS) is 24.3. The standard InChI is InChI=1S/C12H13BrO2/c13-11-7-6-10(11)12(14)15-8-9-4-2-1-3-5-9/h1-5,10-11H,6-8H2. The van der Waals surface area contributed by atoms with E-state index in [1.165, 1.54) is 0 Å². The smallest absolute Gasteiger partial charge is 0.310 e. The molecule has 1 fully saturated rings. The van der Waals surface area contributed by atoms with E-state index in [9.17, 15) is 4.79 Å². The Bertz CT molecular complexity index is 337. The maximum Gasteiger partial charge on any atom is 0.310 e. The van der Waals surface area contributed by atoms with Gasteiger partial charge in [0.2, 0.25) is 0 Å². The molecule has 2 nitrogen and oxygen atoms in total. The van der Waals surface area contributed by atoms with Crippen LogP contribution in [-0.2, 0) is 16.1 Å². The Kier molecular flexibility index (Phi) is 3.41. The fraction of sp³-hybridized carbons (Fsp3) is 0.417. The molecule has 80 valence electrons. The third kappa shape index (κ3) is 2.59. The predicted octanol–water partition coefficient (Wildman–Crippen LogP) is 2.90. The molecule has 0 bridgehead atoms. The van der Waals surface area contributed by atoms with Gasteiger partial charge in [0.1, 0.15) is 6.61 Å². The Morgan fingerprint density at radius 3 is 2.60 bits per heavy atom. The number of carbonyl (C=O) groups is 1. The fourth-order valence-electron chi connectivity index (χ4n) is 1.56. The first-order chi connectivity index (χ1) is 7.27. The van der Waals surface area contributed by atoms with Gasteiger partial charge in [-0.2, -0.15) is 0 Å². The largest absolute Gasteiger partial charge is 0.461 e. The summed E-state index contributed by atoms with van der Waals surface area (Å²) in [5.74, 6) is -0.0132. The number of rotatable bonds is 3. The molecule has 0 N–H and O–H groups in total. The molecule has 15 heavy (non-hydrogen) atoms. The molecule has 0 radical (unpaired) electrons. The maximum atomic E-state index is 11.6. The van der Waals surface area contributed by atoms with Gasteiger partial charge in [-0.25, -0.2) is 0 Å². The molecular weight excluding hydrogens is 256 g/mol. The van der Waals surface area contributed by atoms with E-state index in [0.717, 1.165) is 18.4 Å². The monoisotopic (exact) mass is 268 g/mol. The summed E-state index contributed by atoms with van der Waals surface area (Å²) in [4.78, 5) is 11.9. The third-order valence-electron chi connectivity index (χ3n) is 2.72. The maximum absolute atomic E-state index is 11.6. The molecule has 1 aromatic carbocycles. The molecule has 2 atom stereocenters. The van der Waals surface area contributed by atoms with Crippen molar-refractivity contribution in [1.29, 1.82) is 0 Å². The summed E-state index contributed by atoms with van der Waals surface area (Å²) in [6, 6.07) is 9.75. The van der Waals surface area contributed by atoms with E-state index in [4.69, 9.17) is 4.74 Å². The van der Waals surface area contributed by atoms with Crippen LogP contribution in [0.5, 0.6) is 0 Å². The highest BCUT2D eigenvalue weighted by atomic mass is 79.9. The number of esters is 1. The third-order valence-corrected chi connectivity index (χ3v) is 3.81. The number of halogens is 1. The van der Waals surface area contributed by atoms with E-state index in [-0.39, 0.29) is 11.9 Å². The Hall–Kier alpha value is -0.830. The summed E-state index contributed by atoms with van der Waals surface area (Å²) < 4.78 is 5.23. The summed E-state index contributed by atoms with van der Waals surface area (Å²) in [6.07, 6.45) is 2.02. The minimum atomic E-state index is -0.0769. The van der Waals surface area contributed by atoms with Gasteiger partial charge in [0.05, 0.1) is 5.92 Å². The van der Waals surface area contributed by atoms with Crippen LogP contribution in [-0.4, -0.2) is 10.8 Å². The minimum Gasteiger partial charge on any atom is -0.461 e. The summed E-state index contributed by atoms with van der Waals surface area (Å²) in [7, 11) is 0. The van der Waals surface area contributed by atoms with Crippen molar-refractivity contribution < 1.29 is 9.53 Å². The topological polar surface area (TPSA) is 26.3 Å². The molecule has 1 aliphatic rings. The zero-order valence-corrected chi connectivity index (χ0v) is 9.94. The molecule has 2 rings (SSSR count). The molecule has 0 saturated heterocycles. The van der Waals surface area contributed by atoms with Crippen molar-refractivity contribution in [2.24, 2.45) is 5.92 Å². The number of alkyl halides is 1. The zero-order valence-electron chi connectivity index (χ0n) is 8.36. The van der Waals surface area contributed by atoms with Crippen LogP contribution < -0.4 is 0 Å². The Balaban J connectivity index is 1.81. The highest BCUT2D eigenvalue weighted by Gasteiger charge is 2.35. The van der Waals surface area contributed by atoms with Crippen molar-refractivity contribution in [3.8, 4) is 0 Å². The molecule has 0 heterocycles. The molecule has 0 spiro atoms. The molecule has 2 unspecified atom stereocenters. The first kappa shape index (κ1) is 10.7. The second-order valence-electron chi connectivity index (χ2n) is 3.79. The van der Waals surface area contributed by atoms with Crippen molar-refractivity contribution in [1.82, 2.24) is 0 Å². The van der Waals surface area contributed by atoms with Crippen LogP contribution in [0.3, 0.4) is 0 Å². The number of ether oxygens (including phenoxy) is 1. The predicted molar refractivity (Wildman–Crippen MR) is 61.7 cm³/mol. The molecular formula is C12H13BrO2. The van der Waals surface area contributed by atoms with E-state index < -0.39 is 0 Å². The summed E-state index contributed by atoms with van der Waals surface area (Å²) in [5.41, 5.74) is 1.04. The number of hydrogen-bond donors (Lipinski definition) is 0. The first-order valence-electron chi connectivity index (χ1n) is 5.12. The lowest BCUT2D eigenvalue weighted by Crippen LogP contribution is -2.34. The molecule has 1 aromatic rings. The van der Waals surface area contributed by atoms with Crippen molar-refractivity contribution in [3.63, 3.8) is 0 Å². The second-order valence-corrected chi connectivity index (χ2v) is 4.97. The quantitative estimate of drug-likeness (QED) is 0.623. The van der Waals surface area contributed by atoms with Crippen molar-refractivity contribution in [2.45, 2.75) is 24.3 Å². The van der Waals surface area contributed by atoms with Gasteiger partial charge in [0, 0.05) is 4.83 Å². The Morgan fingerprint density at radius 2 is 2.07 bits per heavy atom. The highest BCUT2D eigenvalue weighted by Crippen LogP contribution is 2.34. The van der Waals surface area contributed by atoms with Gasteiger partial charge in [-0.1, -0.05) is 46.3 Å². The van der Waals surface area contributed by atoms with Gasteiger partial charge in [-0.3, -0.25) is 4.79 Å². The molecule has 0 amide bonds. The van der Waals surface area contributed by atoms with E-state index >= 15 is 0 Å². The lowest BCUT2D eigenvalue weighted by molar-refractivity contribution is -0.152. The molecule has 0 aromatic heterocycles. The SMILES string of the molecule is O=C(OCc1ccccc1)C1CCC1Br. The summed E-state index contributed by atoms with van der Waals surface area (Å²) in [6.45, 7) is 0.385. The number of hydrogen-bond acceptors (Lipinski definition) is 2. The zero-order chi connectivity index (χ0) is 10.7. The second kappa shape index (κ2) is 4.79. The van der Waals surface area contributed by atoms with Crippen LogP contribution in [0, 0.1) is 5.92 Å². The van der Waals surface area contributed by atoms with Crippen LogP contribution in [0.25, 0.3) is 0 Å². The van der Waals surface area contributed by atoms with Crippen LogP contribution in [0.4, 0.5) is 0 Å².